The molecule has 1 atom stereocenters. The van der Waals surface area contributed by atoms with Crippen LogP contribution in [0.2, 0.25) is 0 Å². The van der Waals surface area contributed by atoms with E-state index >= 15 is 0 Å². The Morgan fingerprint density at radius 1 is 0.448 bits per heavy atom. The van der Waals surface area contributed by atoms with Crippen molar-refractivity contribution in [3.05, 3.63) is 217 Å². The summed E-state index contributed by atoms with van der Waals surface area (Å²) in [5.74, 6) is 0.874. The van der Waals surface area contributed by atoms with Crippen LogP contribution in [0, 0.1) is 0 Å². The van der Waals surface area contributed by atoms with Gasteiger partial charge in [-0.15, -0.1) is 9.13 Å². The van der Waals surface area contributed by atoms with Gasteiger partial charge in [-0.1, -0.05) is 175 Å². The zero-order chi connectivity index (χ0) is 45.4. The topological polar surface area (TPSA) is 21.9 Å². The van der Waals surface area contributed by atoms with Crippen molar-refractivity contribution in [2.45, 2.75) is 58.2 Å². The SMILES string of the molecule is CC(C)(C)c1cc2c3c(c1)-c1cc(-c4ccc(-c5ccccc5)cc4)cc[n+]1C31Oc3ccccc3-c3n(-c4cc(-c5ccccc5)c(C(C)(C)C)cc4-c4ccccc4)c4cccc-2c4[n+]31. The van der Waals surface area contributed by atoms with Crippen LogP contribution in [-0.2, 0) is 16.7 Å². The molecule has 0 radical (unpaired) electrons. The first-order chi connectivity index (χ1) is 32.5. The third kappa shape index (κ3) is 5.72. The van der Waals surface area contributed by atoms with Crippen molar-refractivity contribution < 1.29 is 13.9 Å². The predicted octanol–water partition coefficient (Wildman–Crippen LogP) is 14.7. The van der Waals surface area contributed by atoms with Crippen LogP contribution in [0.5, 0.6) is 5.75 Å². The fourth-order valence-corrected chi connectivity index (χ4v) is 11.2. The smallest absolute Gasteiger partial charge is 0.392 e. The van der Waals surface area contributed by atoms with Gasteiger partial charge in [-0.2, -0.15) is 4.57 Å². The highest BCUT2D eigenvalue weighted by Gasteiger charge is 2.68. The number of imidazole rings is 1. The van der Waals surface area contributed by atoms with E-state index in [1.54, 1.807) is 0 Å². The van der Waals surface area contributed by atoms with Crippen LogP contribution in [0.4, 0.5) is 0 Å². The number of aromatic nitrogens is 3. The molecule has 1 unspecified atom stereocenters. The van der Waals surface area contributed by atoms with Gasteiger partial charge in [0.05, 0.1) is 5.56 Å². The Morgan fingerprint density at radius 3 is 1.70 bits per heavy atom. The summed E-state index contributed by atoms with van der Waals surface area (Å²) in [4.78, 5) is 0. The molecule has 0 saturated heterocycles. The Morgan fingerprint density at radius 2 is 1.03 bits per heavy atom. The Hall–Kier alpha value is -7.82. The normalized spacial score (nSPS) is 15.2. The highest BCUT2D eigenvalue weighted by molar-refractivity contribution is 5.99. The second-order valence-electron chi connectivity index (χ2n) is 20.6. The molecule has 4 heteroatoms. The molecule has 1 spiro atoms. The number of hydrogen-bond donors (Lipinski definition) is 0. The number of rotatable bonds is 5. The average Bonchev–Trinajstić information content (AvgIpc) is 3.85. The molecule has 0 amide bonds. The van der Waals surface area contributed by atoms with Gasteiger partial charge in [-0.05, 0) is 109 Å². The van der Waals surface area contributed by atoms with Gasteiger partial charge in [0.25, 0.3) is 0 Å². The molecule has 322 valence electrons. The number of nitrogens with zero attached hydrogens (tertiary/aromatic N) is 3. The lowest BCUT2D eigenvalue weighted by Crippen LogP contribution is -2.78. The van der Waals surface area contributed by atoms with Gasteiger partial charge in [-0.25, -0.2) is 0 Å². The van der Waals surface area contributed by atoms with Crippen molar-refractivity contribution in [1.29, 1.82) is 0 Å². The fourth-order valence-electron chi connectivity index (χ4n) is 11.2. The van der Waals surface area contributed by atoms with Crippen LogP contribution in [0.3, 0.4) is 0 Å². The van der Waals surface area contributed by atoms with E-state index in [1.165, 1.54) is 72.3 Å². The highest BCUT2D eigenvalue weighted by atomic mass is 16.5. The fraction of sp³-hybridized carbons (Fsp3) is 0.143. The first kappa shape index (κ1) is 39.5. The van der Waals surface area contributed by atoms with E-state index in [2.05, 4.69) is 256 Å². The van der Waals surface area contributed by atoms with Crippen LogP contribution in [0.15, 0.2) is 200 Å². The maximum absolute atomic E-state index is 7.77. The lowest BCUT2D eigenvalue weighted by atomic mass is 9.79. The third-order valence-electron chi connectivity index (χ3n) is 14.4. The average molecular weight is 866 g/mol. The minimum Gasteiger partial charge on any atom is -0.392 e. The van der Waals surface area contributed by atoms with Gasteiger partial charge in [-0.3, -0.25) is 0 Å². The van der Waals surface area contributed by atoms with E-state index in [9.17, 15) is 0 Å². The Kier molecular flexibility index (Phi) is 8.32. The molecule has 8 aromatic carbocycles. The lowest BCUT2D eigenvalue weighted by Gasteiger charge is -2.33. The largest absolute Gasteiger partial charge is 0.499 e. The van der Waals surface area contributed by atoms with Crippen LogP contribution < -0.4 is 13.9 Å². The molecule has 3 aliphatic heterocycles. The number of ether oxygens (including phenoxy) is 1. The van der Waals surface area contributed by atoms with Crippen LogP contribution >= 0.6 is 0 Å². The van der Waals surface area contributed by atoms with E-state index in [1.807, 2.05) is 0 Å². The molecule has 0 N–H and O–H groups in total. The molecule has 3 aliphatic rings. The number of pyridine rings is 1. The second-order valence-corrected chi connectivity index (χ2v) is 20.6. The van der Waals surface area contributed by atoms with Crippen molar-refractivity contribution in [3.63, 3.8) is 0 Å². The molecule has 2 aromatic heterocycles. The molecule has 4 nitrogen and oxygen atoms in total. The summed E-state index contributed by atoms with van der Waals surface area (Å²) >= 11 is 0. The van der Waals surface area contributed by atoms with Gasteiger partial charge in [0.2, 0.25) is 5.69 Å². The maximum Gasteiger partial charge on any atom is 0.499 e. The summed E-state index contributed by atoms with van der Waals surface area (Å²) in [6, 6.07) is 71.5. The summed E-state index contributed by atoms with van der Waals surface area (Å²) in [5, 5.41) is 0. The van der Waals surface area contributed by atoms with Gasteiger partial charge >= 0.3 is 11.7 Å². The Labute approximate surface area is 392 Å². The number of benzene rings is 8. The zero-order valence-corrected chi connectivity index (χ0v) is 38.8. The summed E-state index contributed by atoms with van der Waals surface area (Å²) in [7, 11) is 0. The summed E-state index contributed by atoms with van der Waals surface area (Å²) in [5.41, 5.74) is 22.3. The predicted molar refractivity (Wildman–Crippen MR) is 272 cm³/mol. The maximum atomic E-state index is 7.77. The van der Waals surface area contributed by atoms with E-state index < -0.39 is 5.85 Å². The Balaban J connectivity index is 1.15. The zero-order valence-electron chi connectivity index (χ0n) is 38.8. The first-order valence-corrected chi connectivity index (χ1v) is 23.6. The molecule has 5 heterocycles. The molecule has 0 bridgehead atoms. The standard InChI is InChI=1S/C63H51N3O/c1-61(2,3)46-36-51-47-26-18-27-54-59(47)66-60(65(54)56-39-49(43-21-12-8-13-22-43)53(62(4,5)6)38-50(56)44-23-14-9-15-24-44)48-25-16-17-28-57(48)67-63(66)58(51)52(37-46)55-35-45(33-34-64(55)63)42-31-29-41(30-32-42)40-19-10-7-11-20-40/h7-39H,1-6H3/q+2. The molecule has 13 rings (SSSR count). The van der Waals surface area contributed by atoms with Crippen LogP contribution in [0.1, 0.15) is 58.2 Å². The summed E-state index contributed by atoms with van der Waals surface area (Å²) in [6.07, 6.45) is 2.28. The van der Waals surface area contributed by atoms with Crippen LogP contribution in [-0.4, -0.2) is 4.57 Å². The van der Waals surface area contributed by atoms with Crippen molar-refractivity contribution in [3.8, 4) is 89.7 Å². The van der Waals surface area contributed by atoms with Gasteiger partial charge in [0.1, 0.15) is 22.6 Å². The van der Waals surface area contributed by atoms with Gasteiger partial charge < -0.3 is 4.74 Å². The van der Waals surface area contributed by atoms with E-state index in [-0.39, 0.29) is 10.8 Å². The Bertz CT molecular complexity index is 3650. The molecule has 67 heavy (non-hydrogen) atoms. The molecule has 0 saturated carbocycles. The van der Waals surface area contributed by atoms with Crippen molar-refractivity contribution in [2.75, 3.05) is 0 Å². The van der Waals surface area contributed by atoms with Crippen molar-refractivity contribution in [2.24, 2.45) is 0 Å². The van der Waals surface area contributed by atoms with E-state index in [4.69, 9.17) is 4.74 Å². The first-order valence-electron chi connectivity index (χ1n) is 23.6. The van der Waals surface area contributed by atoms with Gasteiger partial charge in [0.15, 0.2) is 17.2 Å². The number of fused-ring (bicyclic) bond motifs is 5. The molecule has 0 aliphatic carbocycles. The van der Waals surface area contributed by atoms with Crippen LogP contribution in [0.25, 0.3) is 95.0 Å². The van der Waals surface area contributed by atoms with E-state index in [0.717, 1.165) is 45.1 Å². The quantitative estimate of drug-likeness (QED) is 0.158. The van der Waals surface area contributed by atoms with Crippen molar-refractivity contribution in [1.82, 2.24) is 4.57 Å². The third-order valence-corrected chi connectivity index (χ3v) is 14.4. The molecular weight excluding hydrogens is 815 g/mol. The summed E-state index contributed by atoms with van der Waals surface area (Å²) in [6.45, 7) is 14.0. The lowest BCUT2D eigenvalue weighted by molar-refractivity contribution is -0.997. The number of hydrogen-bond acceptors (Lipinski definition) is 1. The van der Waals surface area contributed by atoms with E-state index in [0.29, 0.717) is 0 Å². The highest BCUT2D eigenvalue weighted by Crippen LogP contribution is 2.55. The summed E-state index contributed by atoms with van der Waals surface area (Å²) < 4.78 is 15.3. The molecular formula is C63H51N3O+2. The molecule has 10 aromatic rings. The monoisotopic (exact) mass is 865 g/mol. The molecule has 0 fully saturated rings. The second kappa shape index (κ2) is 14.1. The van der Waals surface area contributed by atoms with Gasteiger partial charge in [0, 0.05) is 28.8 Å². The minimum absolute atomic E-state index is 0.108. The number of para-hydroxylation sites is 2. The van der Waals surface area contributed by atoms with Crippen molar-refractivity contribution >= 4 is 11.0 Å². The minimum atomic E-state index is -1.06.